The van der Waals surface area contributed by atoms with Crippen LogP contribution in [0, 0.1) is 52.8 Å². The highest BCUT2D eigenvalue weighted by molar-refractivity contribution is 5.16. The Kier molecular flexibility index (Phi) is 13.0. The van der Waals surface area contributed by atoms with Gasteiger partial charge in [-0.25, -0.2) is 0 Å². The molecule has 0 aromatic rings. The molecule has 0 aromatic heterocycles. The first-order valence-electron chi connectivity index (χ1n) is 25.8. The Morgan fingerprint density at radius 1 is 0.345 bits per heavy atom. The number of aliphatic hydroxyl groups excluding tert-OH is 2. The summed E-state index contributed by atoms with van der Waals surface area (Å²) in [6.07, 6.45) is 44.4. The van der Waals surface area contributed by atoms with Crippen molar-refractivity contribution in [2.24, 2.45) is 52.8 Å². The molecule has 0 amide bonds. The van der Waals surface area contributed by atoms with Gasteiger partial charge in [0.15, 0.2) is 0 Å². The molecule has 55 heavy (non-hydrogen) atoms. The Labute approximate surface area is 339 Å². The van der Waals surface area contributed by atoms with Crippen molar-refractivity contribution in [1.82, 2.24) is 9.80 Å². The van der Waals surface area contributed by atoms with Crippen LogP contribution in [-0.4, -0.2) is 68.5 Å². The molecule has 0 heterocycles. The lowest BCUT2D eigenvalue weighted by atomic mass is 9.48. The van der Waals surface area contributed by atoms with Crippen LogP contribution >= 0.6 is 0 Å². The summed E-state index contributed by atoms with van der Waals surface area (Å²) in [5.41, 5.74) is 0.420. The lowest BCUT2D eigenvalue weighted by Gasteiger charge is -2.59. The van der Waals surface area contributed by atoms with Crippen molar-refractivity contribution in [3.8, 4) is 0 Å². The Hall–Kier alpha value is -0.160. The molecule has 9 saturated carbocycles. The summed E-state index contributed by atoms with van der Waals surface area (Å²) in [5.74, 6) is 6.95. The minimum absolute atomic E-state index is 0.0714. The zero-order valence-electron chi connectivity index (χ0n) is 36.2. The van der Waals surface area contributed by atoms with E-state index in [9.17, 15) is 10.2 Å². The molecule has 0 saturated heterocycles. The fraction of sp³-hybridized carbons (Fsp3) is 1.00. The topological polar surface area (TPSA) is 46.9 Å². The normalized spacial score (nSPS) is 48.1. The van der Waals surface area contributed by atoms with Gasteiger partial charge in [-0.1, -0.05) is 78.1 Å². The van der Waals surface area contributed by atoms with Crippen LogP contribution in [0.25, 0.3) is 0 Å². The summed E-state index contributed by atoms with van der Waals surface area (Å²) >= 11 is 0. The summed E-state index contributed by atoms with van der Waals surface area (Å²) in [6, 6.07) is 4.91. The number of fused-ring (bicyclic) bond motifs is 3. The second-order valence-corrected chi connectivity index (χ2v) is 22.8. The summed E-state index contributed by atoms with van der Waals surface area (Å²) in [5, 5.41) is 22.1. The highest BCUT2D eigenvalue weighted by Crippen LogP contribution is 2.72. The van der Waals surface area contributed by atoms with Gasteiger partial charge < -0.3 is 10.2 Å². The fourth-order valence-electron chi connectivity index (χ4n) is 17.9. The molecule has 0 spiro atoms. The highest BCUT2D eigenvalue weighted by atomic mass is 16.3. The first-order chi connectivity index (χ1) is 26.9. The van der Waals surface area contributed by atoms with E-state index in [1.807, 2.05) is 0 Å². The zero-order valence-corrected chi connectivity index (χ0v) is 36.2. The van der Waals surface area contributed by atoms with Gasteiger partial charge in [0.25, 0.3) is 0 Å². The number of nitrogens with zero attached hydrogens (tertiary/aromatic N) is 2. The van der Waals surface area contributed by atoms with Crippen molar-refractivity contribution < 1.29 is 10.2 Å². The van der Waals surface area contributed by atoms with Gasteiger partial charge in [-0.15, -0.1) is 0 Å². The maximum Gasteiger partial charge on any atom is 0.0540 e. The lowest BCUT2D eigenvalue weighted by molar-refractivity contribution is -0.113. The van der Waals surface area contributed by atoms with Gasteiger partial charge in [0.05, 0.1) is 12.2 Å². The van der Waals surface area contributed by atoms with Gasteiger partial charge in [0.2, 0.25) is 0 Å². The molecule has 10 atom stereocenters. The van der Waals surface area contributed by atoms with E-state index in [0.717, 1.165) is 109 Å². The van der Waals surface area contributed by atoms with Crippen LogP contribution in [0.4, 0.5) is 0 Å². The Bertz CT molecular complexity index is 1100. The van der Waals surface area contributed by atoms with E-state index in [1.165, 1.54) is 180 Å². The van der Waals surface area contributed by atoms with Crippen LogP contribution in [0.2, 0.25) is 0 Å². The van der Waals surface area contributed by atoms with Crippen molar-refractivity contribution in [2.45, 2.75) is 268 Å². The van der Waals surface area contributed by atoms with Crippen LogP contribution in [0.1, 0.15) is 219 Å². The third-order valence-electron chi connectivity index (χ3n) is 19.9. The third-order valence-corrected chi connectivity index (χ3v) is 19.9. The van der Waals surface area contributed by atoms with Crippen LogP contribution < -0.4 is 0 Å². The lowest BCUT2D eigenvalue weighted by Crippen LogP contribution is -2.57. The van der Waals surface area contributed by atoms with Gasteiger partial charge in [-0.05, 0) is 194 Å². The van der Waals surface area contributed by atoms with E-state index in [-0.39, 0.29) is 12.2 Å². The molecular formula is C51H88N2O2. The standard InChI is InChI=1S/C51H88N2O2/c1-35-11-9-17-41(31-35)52(39-13-5-3-6-14-39)43-23-29-47-48-30-24-44(53(40-15-7-4-8-16-40)42-18-10-12-36(2)32-42)34-50(48)51(49(47)33-43,37-19-25-45(54)26-20-37)38-21-27-46(55)28-22-38/h35-50,54-55H,3-34H2,1-2H3. The van der Waals surface area contributed by atoms with Gasteiger partial charge in [-0.3, -0.25) is 9.80 Å². The summed E-state index contributed by atoms with van der Waals surface area (Å²) in [7, 11) is 0. The van der Waals surface area contributed by atoms with Gasteiger partial charge in [-0.2, -0.15) is 0 Å². The molecule has 4 heteroatoms. The van der Waals surface area contributed by atoms with Crippen molar-refractivity contribution in [3.05, 3.63) is 0 Å². The van der Waals surface area contributed by atoms with Crippen molar-refractivity contribution in [1.29, 1.82) is 0 Å². The molecule has 0 radical (unpaired) electrons. The molecule has 0 aromatic carbocycles. The highest BCUT2D eigenvalue weighted by Gasteiger charge is 2.67. The molecule has 9 fully saturated rings. The average molecular weight is 761 g/mol. The molecule has 9 aliphatic rings. The first-order valence-corrected chi connectivity index (χ1v) is 25.8. The predicted molar refractivity (Wildman–Crippen MR) is 228 cm³/mol. The molecule has 0 bridgehead atoms. The Morgan fingerprint density at radius 3 is 1.09 bits per heavy atom. The van der Waals surface area contributed by atoms with Gasteiger partial charge in [0.1, 0.15) is 0 Å². The number of hydrogen-bond donors (Lipinski definition) is 2. The molecular weight excluding hydrogens is 673 g/mol. The first kappa shape index (κ1) is 40.3. The van der Waals surface area contributed by atoms with Crippen molar-refractivity contribution in [2.75, 3.05) is 0 Å². The van der Waals surface area contributed by atoms with Gasteiger partial charge >= 0.3 is 0 Å². The Balaban J connectivity index is 1.09. The molecule has 2 N–H and O–H groups in total. The van der Waals surface area contributed by atoms with Gasteiger partial charge in [0, 0.05) is 36.3 Å². The second-order valence-electron chi connectivity index (χ2n) is 22.8. The quantitative estimate of drug-likeness (QED) is 0.259. The van der Waals surface area contributed by atoms with E-state index in [1.54, 1.807) is 0 Å². The molecule has 314 valence electrons. The number of aliphatic hydroxyl groups is 2. The largest absolute Gasteiger partial charge is 0.393 e. The minimum Gasteiger partial charge on any atom is -0.393 e. The summed E-state index contributed by atoms with van der Waals surface area (Å²) in [6.45, 7) is 5.15. The van der Waals surface area contributed by atoms with Crippen LogP contribution in [0.3, 0.4) is 0 Å². The van der Waals surface area contributed by atoms with Crippen molar-refractivity contribution in [3.63, 3.8) is 0 Å². The number of hydrogen-bond acceptors (Lipinski definition) is 4. The fourth-order valence-corrected chi connectivity index (χ4v) is 17.9. The van der Waals surface area contributed by atoms with E-state index < -0.39 is 0 Å². The minimum atomic E-state index is -0.0714. The van der Waals surface area contributed by atoms with E-state index in [0.29, 0.717) is 5.41 Å². The zero-order chi connectivity index (χ0) is 37.5. The molecule has 4 nitrogen and oxygen atoms in total. The second kappa shape index (κ2) is 17.8. The van der Waals surface area contributed by atoms with E-state index in [4.69, 9.17) is 0 Å². The number of rotatable bonds is 8. The smallest absolute Gasteiger partial charge is 0.0540 e. The maximum absolute atomic E-state index is 11.1. The molecule has 0 aliphatic heterocycles. The molecule has 9 aliphatic carbocycles. The average Bonchev–Trinajstić information content (AvgIpc) is 3.49. The van der Waals surface area contributed by atoms with E-state index >= 15 is 0 Å². The summed E-state index contributed by atoms with van der Waals surface area (Å²) < 4.78 is 0. The molecule has 9 rings (SSSR count). The molecule has 10 unspecified atom stereocenters. The van der Waals surface area contributed by atoms with Crippen LogP contribution in [-0.2, 0) is 0 Å². The monoisotopic (exact) mass is 761 g/mol. The third kappa shape index (κ3) is 8.08. The van der Waals surface area contributed by atoms with Crippen LogP contribution in [0.15, 0.2) is 0 Å². The Morgan fingerprint density at radius 2 is 0.709 bits per heavy atom. The van der Waals surface area contributed by atoms with Crippen molar-refractivity contribution >= 4 is 0 Å². The summed E-state index contributed by atoms with van der Waals surface area (Å²) in [4.78, 5) is 6.62. The maximum atomic E-state index is 11.1. The predicted octanol–water partition coefficient (Wildman–Crippen LogP) is 12.1. The van der Waals surface area contributed by atoms with E-state index in [2.05, 4.69) is 23.6 Å². The SMILES string of the molecule is CC1CCCC(N(C2CCCCC2)C2CCC3C4CCC(N(C5CCCCC5)C5CCCC(C)C5)CC4C(C4CCC(O)CC4)(C4CCC(O)CC4)C3C2)C1. The van der Waals surface area contributed by atoms with Crippen LogP contribution in [0.5, 0.6) is 0 Å².